The van der Waals surface area contributed by atoms with Crippen molar-refractivity contribution in [1.29, 1.82) is 0 Å². The number of nitrogens with one attached hydrogen (secondary N) is 1. The van der Waals surface area contributed by atoms with Gasteiger partial charge in [-0.1, -0.05) is 31.2 Å². The first-order valence-corrected chi connectivity index (χ1v) is 16.7. The van der Waals surface area contributed by atoms with Crippen molar-refractivity contribution in [2.75, 3.05) is 56.7 Å². The number of ether oxygens (including phenoxy) is 1. The van der Waals surface area contributed by atoms with Crippen molar-refractivity contribution >= 4 is 21.4 Å². The lowest BCUT2D eigenvalue weighted by molar-refractivity contribution is -0.137. The summed E-state index contributed by atoms with van der Waals surface area (Å²) in [5.74, 6) is -0.367. The van der Waals surface area contributed by atoms with Crippen LogP contribution in [-0.2, 0) is 20.8 Å². The fourth-order valence-electron chi connectivity index (χ4n) is 6.03. The Morgan fingerprint density at radius 3 is 2.22 bits per heavy atom. The zero-order chi connectivity index (χ0) is 32.2. The SMILES string of the molecule is CCS(=O)(=O)c1ccc([C@H](CO)NC(=O)c2ccc(N3CC(c4ccc(C(F)(F)F)cc4)C[C@H]3CN3CCOCC3)cc2)cc1. The Hall–Kier alpha value is -3.45. The Labute approximate surface area is 261 Å². The number of hydrogen-bond acceptors (Lipinski definition) is 7. The molecule has 0 aliphatic carbocycles. The van der Waals surface area contributed by atoms with Crippen LogP contribution in [0.15, 0.2) is 77.7 Å². The van der Waals surface area contributed by atoms with Gasteiger partial charge < -0.3 is 20.1 Å². The van der Waals surface area contributed by atoms with E-state index in [-0.39, 0.29) is 35.1 Å². The number of amides is 1. The number of nitrogens with zero attached hydrogens (tertiary/aromatic N) is 2. The van der Waals surface area contributed by atoms with Crippen LogP contribution >= 0.6 is 0 Å². The molecule has 2 aliphatic rings. The third-order valence-corrected chi connectivity index (χ3v) is 10.4. The molecule has 0 saturated carbocycles. The van der Waals surface area contributed by atoms with Crippen LogP contribution in [-0.4, -0.2) is 82.1 Å². The molecular formula is C33H38F3N3O5S. The van der Waals surface area contributed by atoms with E-state index < -0.39 is 27.6 Å². The predicted octanol–water partition coefficient (Wildman–Crippen LogP) is 4.66. The minimum atomic E-state index is -4.38. The van der Waals surface area contributed by atoms with E-state index in [4.69, 9.17) is 4.74 Å². The maximum Gasteiger partial charge on any atom is 0.416 e. The van der Waals surface area contributed by atoms with Crippen LogP contribution in [0.25, 0.3) is 0 Å². The van der Waals surface area contributed by atoms with Crippen molar-refractivity contribution in [3.63, 3.8) is 0 Å². The largest absolute Gasteiger partial charge is 0.416 e. The summed E-state index contributed by atoms with van der Waals surface area (Å²) in [6.45, 7) is 5.57. The van der Waals surface area contributed by atoms with Gasteiger partial charge >= 0.3 is 6.18 Å². The molecule has 1 unspecified atom stereocenters. The van der Waals surface area contributed by atoms with Gasteiger partial charge in [0, 0.05) is 49.4 Å². The highest BCUT2D eigenvalue weighted by Crippen LogP contribution is 2.37. The first-order valence-electron chi connectivity index (χ1n) is 15.1. The number of alkyl halides is 3. The average molecular weight is 646 g/mol. The summed E-state index contributed by atoms with van der Waals surface area (Å²) in [4.78, 5) is 17.9. The van der Waals surface area contributed by atoms with Crippen molar-refractivity contribution in [2.24, 2.45) is 0 Å². The van der Waals surface area contributed by atoms with E-state index in [0.29, 0.717) is 30.9 Å². The number of hydrogen-bond donors (Lipinski definition) is 2. The molecule has 5 rings (SSSR count). The second kappa shape index (κ2) is 13.9. The highest BCUT2D eigenvalue weighted by atomic mass is 32.2. The minimum Gasteiger partial charge on any atom is -0.394 e. The standard InChI is InChI=1S/C33H38F3N3O5S/c1-2-45(42,43)30-13-7-24(8-14-30)31(22-40)37-32(41)25-5-11-28(12-6-25)39-20-26(19-29(39)21-38-15-17-44-18-16-38)23-3-9-27(10-4-23)33(34,35)36/h3-14,26,29,31,40H,2,15-22H2,1H3,(H,37,41)/t26?,29-,31-/m0/s1. The Balaban J connectivity index is 1.30. The van der Waals surface area contributed by atoms with Crippen molar-refractivity contribution in [3.8, 4) is 0 Å². The molecule has 2 heterocycles. The summed E-state index contributed by atoms with van der Waals surface area (Å²) in [5, 5.41) is 12.8. The van der Waals surface area contributed by atoms with Gasteiger partial charge in [0.2, 0.25) is 0 Å². The molecule has 2 N–H and O–H groups in total. The molecule has 1 amide bonds. The molecule has 2 aliphatic heterocycles. The normalized spacial score (nSPS) is 20.2. The second-order valence-electron chi connectivity index (χ2n) is 11.5. The Kier molecular flexibility index (Phi) is 10.2. The molecule has 2 saturated heterocycles. The number of morpholine rings is 1. The molecule has 2 fully saturated rings. The molecule has 45 heavy (non-hydrogen) atoms. The number of carbonyl (C=O) groups excluding carboxylic acids is 1. The smallest absolute Gasteiger partial charge is 0.394 e. The van der Waals surface area contributed by atoms with Crippen LogP contribution in [0.3, 0.4) is 0 Å². The number of sulfone groups is 1. The third-order valence-electron chi connectivity index (χ3n) is 8.67. The summed E-state index contributed by atoms with van der Waals surface area (Å²) in [7, 11) is -3.37. The van der Waals surface area contributed by atoms with Crippen LogP contribution < -0.4 is 10.2 Å². The van der Waals surface area contributed by atoms with Gasteiger partial charge in [-0.25, -0.2) is 8.42 Å². The van der Waals surface area contributed by atoms with E-state index >= 15 is 0 Å². The minimum absolute atomic E-state index is 0.0242. The molecular weight excluding hydrogens is 607 g/mol. The molecule has 8 nitrogen and oxygen atoms in total. The van der Waals surface area contributed by atoms with Gasteiger partial charge in [0.05, 0.1) is 42.1 Å². The topological polar surface area (TPSA) is 99.2 Å². The van der Waals surface area contributed by atoms with Crippen molar-refractivity contribution in [3.05, 3.63) is 95.1 Å². The highest BCUT2D eigenvalue weighted by Gasteiger charge is 2.36. The molecule has 0 bridgehead atoms. The molecule has 3 atom stereocenters. The second-order valence-corrected chi connectivity index (χ2v) is 13.8. The zero-order valence-electron chi connectivity index (χ0n) is 25.0. The Morgan fingerprint density at radius 2 is 1.64 bits per heavy atom. The fraction of sp³-hybridized carbons (Fsp3) is 0.424. The number of aliphatic hydroxyl groups is 1. The fourth-order valence-corrected chi connectivity index (χ4v) is 6.91. The summed E-state index contributed by atoms with van der Waals surface area (Å²) in [6, 6.07) is 18.1. The molecule has 0 aromatic heterocycles. The van der Waals surface area contributed by atoms with E-state index in [1.807, 2.05) is 12.1 Å². The summed E-state index contributed by atoms with van der Waals surface area (Å²) in [6.07, 6.45) is -3.60. The van der Waals surface area contributed by atoms with E-state index in [9.17, 15) is 31.5 Å². The third kappa shape index (κ3) is 7.86. The van der Waals surface area contributed by atoms with Gasteiger partial charge in [0.15, 0.2) is 9.84 Å². The van der Waals surface area contributed by atoms with Gasteiger partial charge in [-0.05, 0) is 66.1 Å². The van der Waals surface area contributed by atoms with Gasteiger partial charge in [-0.2, -0.15) is 13.2 Å². The first kappa shape index (κ1) is 32.9. The number of anilines is 1. The van der Waals surface area contributed by atoms with Gasteiger partial charge in [0.25, 0.3) is 5.91 Å². The number of benzene rings is 3. The monoisotopic (exact) mass is 645 g/mol. The van der Waals surface area contributed by atoms with E-state index in [1.54, 1.807) is 43.3 Å². The first-order chi connectivity index (χ1) is 21.5. The van der Waals surface area contributed by atoms with E-state index in [2.05, 4.69) is 15.1 Å². The lowest BCUT2D eigenvalue weighted by atomic mass is 9.95. The molecule has 0 radical (unpaired) electrons. The van der Waals surface area contributed by atoms with Crippen LogP contribution in [0.2, 0.25) is 0 Å². The van der Waals surface area contributed by atoms with E-state index in [0.717, 1.165) is 49.4 Å². The van der Waals surface area contributed by atoms with Crippen LogP contribution in [0, 0.1) is 0 Å². The van der Waals surface area contributed by atoms with Gasteiger partial charge in [-0.3, -0.25) is 9.69 Å². The lowest BCUT2D eigenvalue weighted by Gasteiger charge is -2.34. The van der Waals surface area contributed by atoms with E-state index in [1.165, 1.54) is 12.1 Å². The lowest BCUT2D eigenvalue weighted by Crippen LogP contribution is -2.45. The molecule has 242 valence electrons. The summed E-state index contributed by atoms with van der Waals surface area (Å²) in [5.41, 5.74) is 2.08. The Bertz CT molecular complexity index is 1540. The predicted molar refractivity (Wildman–Crippen MR) is 165 cm³/mol. The highest BCUT2D eigenvalue weighted by molar-refractivity contribution is 7.91. The molecule has 0 spiro atoms. The Morgan fingerprint density at radius 1 is 1.00 bits per heavy atom. The van der Waals surface area contributed by atoms with Crippen molar-refractivity contribution in [1.82, 2.24) is 10.2 Å². The maximum atomic E-state index is 13.1. The summed E-state index contributed by atoms with van der Waals surface area (Å²) < 4.78 is 69.2. The molecule has 3 aromatic rings. The number of aliphatic hydroxyl groups excluding tert-OH is 1. The van der Waals surface area contributed by atoms with Gasteiger partial charge in [-0.15, -0.1) is 0 Å². The molecule has 3 aromatic carbocycles. The zero-order valence-corrected chi connectivity index (χ0v) is 25.9. The van der Waals surface area contributed by atoms with Crippen molar-refractivity contribution < 1.29 is 36.2 Å². The van der Waals surface area contributed by atoms with Crippen LogP contribution in [0.1, 0.15) is 52.4 Å². The molecule has 12 heteroatoms. The number of carbonyl (C=O) groups is 1. The maximum absolute atomic E-state index is 13.1. The van der Waals surface area contributed by atoms with Crippen LogP contribution in [0.5, 0.6) is 0 Å². The van der Waals surface area contributed by atoms with Crippen molar-refractivity contribution in [2.45, 2.75) is 42.4 Å². The quantitative estimate of drug-likeness (QED) is 0.331. The summed E-state index contributed by atoms with van der Waals surface area (Å²) >= 11 is 0. The van der Waals surface area contributed by atoms with Gasteiger partial charge in [0.1, 0.15) is 0 Å². The van der Waals surface area contributed by atoms with Crippen LogP contribution in [0.4, 0.5) is 18.9 Å². The average Bonchev–Trinajstić information content (AvgIpc) is 3.47. The number of halogens is 3. The number of rotatable bonds is 10.